The molecule has 0 aliphatic carbocycles. The van der Waals surface area contributed by atoms with Crippen LogP contribution in [-0.2, 0) is 58.9 Å². The van der Waals surface area contributed by atoms with E-state index < -0.39 is 185 Å². The highest BCUT2D eigenvalue weighted by Gasteiger charge is 2.53. The van der Waals surface area contributed by atoms with E-state index in [4.69, 9.17) is 48.4 Å². The number of aliphatic hydroxyl groups excluding tert-OH is 13. The fraction of sp³-hybridized carbons (Fsp3) is 0.655. The highest BCUT2D eigenvalue weighted by molar-refractivity contribution is 7.80. The van der Waals surface area contributed by atoms with Crippen LogP contribution >= 0.6 is 12.6 Å². The Labute approximate surface area is 494 Å². The Hall–Kier alpha value is -4.40. The number of thiol groups is 1. The number of hydrogen-bond donors (Lipinski definition) is 18. The molecule has 5 heterocycles. The highest BCUT2D eigenvalue weighted by atomic mass is 32.1. The van der Waals surface area contributed by atoms with Gasteiger partial charge in [-0.25, -0.2) is 0 Å². The summed E-state index contributed by atoms with van der Waals surface area (Å²) in [5, 5.41) is 140. The van der Waals surface area contributed by atoms with Crippen LogP contribution in [0.25, 0.3) is 10.8 Å². The van der Waals surface area contributed by atoms with E-state index in [9.17, 15) is 80.8 Å². The second-order valence-corrected chi connectivity index (χ2v) is 21.6. The summed E-state index contributed by atoms with van der Waals surface area (Å²) in [6, 6.07) is 16.8. The summed E-state index contributed by atoms with van der Waals surface area (Å²) < 4.78 is 50.8. The molecule has 0 aromatic heterocycles. The van der Waals surface area contributed by atoms with Crippen molar-refractivity contribution in [3.8, 4) is 5.75 Å². The summed E-state index contributed by atoms with van der Waals surface area (Å²) in [6.07, 6.45) is -26.3. The molecule has 29 nitrogen and oxygen atoms in total. The standard InChI is InChI=1S/C25H33NO11.C15H22N2O5.C15H27NO9S/c1-11-3-4-14-8-15(6-5-13(14)7-11)34-24-18(26-12(2)29)20(31)23(17(10-28)36-24)37-25-22(33)21(32)19(30)16(9-27)35-25;1-9(19)17-13-14(20)12(16)11(7-18)22-15(13)21-8-10-5-3-2-4-6-10;1-5-10(19)14(12(21)7(3-17)23-5)25-15-9(16-6(2)18)13(22)11(20)8(4-26)24-15/h3-8,16-25,27-28,30-33H,9-10H2,1-2H3,(H,26,29);2-6,11-15,18,20H,7-8,16H2,1H3,(H,17,19);5,7-15,17,19-22,26H,3-4H2,1-2H3,(H,16,18). The molecule has 478 valence electrons. The Bertz CT molecular complexity index is 2570. The first-order chi connectivity index (χ1) is 40.3. The third-order valence-electron chi connectivity index (χ3n) is 14.8. The lowest BCUT2D eigenvalue weighted by atomic mass is 9.94. The molecule has 25 atom stereocenters. The van der Waals surface area contributed by atoms with Gasteiger partial charge in [0, 0.05) is 26.5 Å². The van der Waals surface area contributed by atoms with Gasteiger partial charge in [-0.2, -0.15) is 12.6 Å². The summed E-state index contributed by atoms with van der Waals surface area (Å²) in [5.74, 6) is -0.842. The minimum atomic E-state index is -1.74. The molecule has 18 N–H and O–H groups in total. The van der Waals surface area contributed by atoms with Crippen molar-refractivity contribution in [2.45, 2.75) is 194 Å². The number of nitrogens with one attached hydrogen (secondary N) is 3. The van der Waals surface area contributed by atoms with Gasteiger partial charge >= 0.3 is 0 Å². The molecule has 0 bridgehead atoms. The number of benzene rings is 3. The van der Waals surface area contributed by atoms with Gasteiger partial charge in [0.1, 0.15) is 109 Å². The second-order valence-electron chi connectivity index (χ2n) is 21.3. The van der Waals surface area contributed by atoms with Crippen molar-refractivity contribution in [2.75, 3.05) is 32.2 Å². The largest absolute Gasteiger partial charge is 0.463 e. The van der Waals surface area contributed by atoms with Crippen LogP contribution in [0.5, 0.6) is 5.75 Å². The summed E-state index contributed by atoms with van der Waals surface area (Å²) in [7, 11) is 0. The molecule has 0 spiro atoms. The monoisotopic (exact) mass is 1230 g/mol. The Balaban J connectivity index is 0.000000213. The molecule has 5 aliphatic rings. The third kappa shape index (κ3) is 17.7. The third-order valence-corrected chi connectivity index (χ3v) is 15.2. The predicted molar refractivity (Wildman–Crippen MR) is 296 cm³/mol. The van der Waals surface area contributed by atoms with E-state index in [0.717, 1.165) is 21.9 Å². The zero-order valence-corrected chi connectivity index (χ0v) is 48.2. The molecule has 0 radical (unpaired) electrons. The normalized spacial score (nSPS) is 38.3. The molecule has 30 heteroatoms. The van der Waals surface area contributed by atoms with E-state index >= 15 is 0 Å². The molecule has 8 rings (SSSR count). The van der Waals surface area contributed by atoms with Crippen LogP contribution in [-0.4, -0.2) is 269 Å². The van der Waals surface area contributed by atoms with Crippen LogP contribution in [0.1, 0.15) is 38.8 Å². The van der Waals surface area contributed by atoms with Crippen molar-refractivity contribution in [2.24, 2.45) is 5.73 Å². The maximum absolute atomic E-state index is 11.9. The lowest BCUT2D eigenvalue weighted by Gasteiger charge is -2.47. The van der Waals surface area contributed by atoms with E-state index in [1.165, 1.54) is 20.8 Å². The topological polar surface area (TPSA) is 459 Å². The molecule has 0 saturated carbocycles. The number of hydrogen-bond acceptors (Lipinski definition) is 27. The zero-order valence-electron chi connectivity index (χ0n) is 47.3. The van der Waals surface area contributed by atoms with Crippen LogP contribution in [0, 0.1) is 6.92 Å². The smallest absolute Gasteiger partial charge is 0.223 e. The van der Waals surface area contributed by atoms with Gasteiger partial charge in [-0.05, 0) is 42.3 Å². The summed E-state index contributed by atoms with van der Waals surface area (Å²) in [5.41, 5.74) is 7.85. The molecule has 85 heavy (non-hydrogen) atoms. The number of amides is 3. The predicted octanol–water partition coefficient (Wildman–Crippen LogP) is -5.84. The van der Waals surface area contributed by atoms with Gasteiger partial charge in [0.25, 0.3) is 0 Å². The van der Waals surface area contributed by atoms with Crippen LogP contribution in [0.2, 0.25) is 0 Å². The molecule has 5 fully saturated rings. The maximum Gasteiger partial charge on any atom is 0.223 e. The maximum atomic E-state index is 11.9. The molecule has 25 unspecified atom stereocenters. The Morgan fingerprint density at radius 2 is 1.02 bits per heavy atom. The van der Waals surface area contributed by atoms with Crippen molar-refractivity contribution < 1.29 is 123 Å². The lowest BCUT2D eigenvalue weighted by Crippen LogP contribution is -2.68. The number of aliphatic hydroxyl groups is 13. The van der Waals surface area contributed by atoms with Crippen molar-refractivity contribution in [1.29, 1.82) is 0 Å². The molecular weight excluding hydrogens is 1150 g/mol. The Morgan fingerprint density at radius 3 is 1.61 bits per heavy atom. The average Bonchev–Trinajstić information content (AvgIpc) is 2.26. The molecular formula is C55H82N4O25S. The quantitative estimate of drug-likeness (QED) is 0.0560. The Morgan fingerprint density at radius 1 is 0.518 bits per heavy atom. The van der Waals surface area contributed by atoms with Gasteiger partial charge in [-0.15, -0.1) is 0 Å². The van der Waals surface area contributed by atoms with Gasteiger partial charge in [-0.3, -0.25) is 14.4 Å². The first-order valence-electron chi connectivity index (χ1n) is 27.5. The number of carbonyl (C=O) groups excluding carboxylic acids is 3. The molecule has 3 aromatic carbocycles. The van der Waals surface area contributed by atoms with Crippen molar-refractivity contribution in [3.05, 3.63) is 77.9 Å². The lowest BCUT2D eigenvalue weighted by molar-refractivity contribution is -0.343. The van der Waals surface area contributed by atoms with E-state index in [-0.39, 0.29) is 24.9 Å². The summed E-state index contributed by atoms with van der Waals surface area (Å²) >= 11 is 4.06. The van der Waals surface area contributed by atoms with Gasteiger partial charge in [0.05, 0.1) is 57.4 Å². The fourth-order valence-electron chi connectivity index (χ4n) is 10.2. The number of ether oxygens (including phenoxy) is 9. The highest BCUT2D eigenvalue weighted by Crippen LogP contribution is 2.33. The first-order valence-corrected chi connectivity index (χ1v) is 28.1. The van der Waals surface area contributed by atoms with E-state index in [1.807, 2.05) is 61.5 Å². The molecule has 5 saturated heterocycles. The van der Waals surface area contributed by atoms with Crippen molar-refractivity contribution in [1.82, 2.24) is 16.0 Å². The SMILES string of the molecule is CC(=O)NC1C(OC2C(O)C(C)OC(CO)C2O)OC(CS)C(O)C1O.CC(=O)NC1C(OCc2ccccc2)OC(CO)C(N)C1O.CC(=O)NC1C(Oc2ccc3cc(C)ccc3c2)OC(CO)C(OC2OC(CO)C(O)C(O)C2O)C1O. The zero-order chi connectivity index (χ0) is 62.6. The molecule has 3 amide bonds. The van der Waals surface area contributed by atoms with Gasteiger partial charge in [-0.1, -0.05) is 60.2 Å². The van der Waals surface area contributed by atoms with Crippen molar-refractivity contribution >= 4 is 41.1 Å². The van der Waals surface area contributed by atoms with Crippen molar-refractivity contribution in [3.63, 3.8) is 0 Å². The number of nitrogens with two attached hydrogens (primary N) is 1. The number of fused-ring (bicyclic) bond motifs is 1. The minimum absolute atomic E-state index is 0.0689. The second kappa shape index (κ2) is 32.2. The first kappa shape index (κ1) is 69.7. The van der Waals surface area contributed by atoms with E-state index in [1.54, 1.807) is 19.1 Å². The average molecular weight is 1230 g/mol. The van der Waals surface area contributed by atoms with Gasteiger partial charge in [0.15, 0.2) is 18.9 Å². The summed E-state index contributed by atoms with van der Waals surface area (Å²) in [6.45, 7) is 5.46. The Kier molecular flexibility index (Phi) is 26.4. The molecule has 3 aromatic rings. The minimum Gasteiger partial charge on any atom is -0.463 e. The number of aryl methyl sites for hydroxylation is 1. The van der Waals surface area contributed by atoms with Gasteiger partial charge < -0.3 is 131 Å². The molecule has 5 aliphatic heterocycles. The van der Waals surface area contributed by atoms with Crippen LogP contribution in [0.4, 0.5) is 0 Å². The fourth-order valence-corrected chi connectivity index (χ4v) is 10.5. The number of carbonyl (C=O) groups is 3. The van der Waals surface area contributed by atoms with Crippen LogP contribution < -0.4 is 26.4 Å². The van der Waals surface area contributed by atoms with E-state index in [0.29, 0.717) is 5.75 Å². The summed E-state index contributed by atoms with van der Waals surface area (Å²) in [4.78, 5) is 34.7. The van der Waals surface area contributed by atoms with Gasteiger partial charge in [0.2, 0.25) is 24.0 Å². The van der Waals surface area contributed by atoms with Crippen LogP contribution in [0.3, 0.4) is 0 Å². The van der Waals surface area contributed by atoms with Crippen LogP contribution in [0.15, 0.2) is 66.7 Å². The van der Waals surface area contributed by atoms with E-state index in [2.05, 4.69) is 28.6 Å². The number of rotatable bonds is 17.